The third-order valence-electron chi connectivity index (χ3n) is 3.60. The molecule has 0 saturated heterocycles. The van der Waals surface area contributed by atoms with E-state index in [1.807, 2.05) is 79.7 Å². The molecular formula is C22H19NO2. The van der Waals surface area contributed by atoms with Gasteiger partial charge < -0.3 is 10.1 Å². The second-order valence-corrected chi connectivity index (χ2v) is 5.59. The fourth-order valence-corrected chi connectivity index (χ4v) is 2.41. The molecule has 3 aromatic rings. The van der Waals surface area contributed by atoms with Gasteiger partial charge in [0, 0.05) is 17.3 Å². The molecule has 3 nitrogen and oxygen atoms in total. The minimum absolute atomic E-state index is 0.0351. The van der Waals surface area contributed by atoms with Crippen LogP contribution < -0.4 is 10.1 Å². The molecule has 0 saturated carbocycles. The smallest absolute Gasteiger partial charge is 0.187 e. The zero-order valence-electron chi connectivity index (χ0n) is 14.0. The molecule has 0 aliphatic heterocycles. The van der Waals surface area contributed by atoms with Crippen LogP contribution in [0.5, 0.6) is 11.5 Å². The molecule has 3 rings (SSSR count). The summed E-state index contributed by atoms with van der Waals surface area (Å²) in [6.07, 6.45) is 1.59. The van der Waals surface area contributed by atoms with Gasteiger partial charge in [-0.1, -0.05) is 60.7 Å². The van der Waals surface area contributed by atoms with Crippen LogP contribution in [0.2, 0.25) is 0 Å². The Bertz CT molecular complexity index is 871. The van der Waals surface area contributed by atoms with Gasteiger partial charge in [0.2, 0.25) is 0 Å². The van der Waals surface area contributed by atoms with Crippen LogP contribution in [0.25, 0.3) is 0 Å². The van der Waals surface area contributed by atoms with Crippen molar-refractivity contribution in [3.63, 3.8) is 0 Å². The first-order chi connectivity index (χ1) is 12.2. The number of anilines is 1. The zero-order chi connectivity index (χ0) is 17.5. The van der Waals surface area contributed by atoms with Crippen molar-refractivity contribution in [1.82, 2.24) is 0 Å². The molecule has 3 heteroatoms. The number of rotatable bonds is 6. The number of ketones is 1. The first-order valence-corrected chi connectivity index (χ1v) is 8.09. The summed E-state index contributed by atoms with van der Waals surface area (Å²) in [6, 6.07) is 26.5. The first-order valence-electron chi connectivity index (χ1n) is 8.09. The minimum Gasteiger partial charge on any atom is -0.455 e. The summed E-state index contributed by atoms with van der Waals surface area (Å²) >= 11 is 0. The summed E-state index contributed by atoms with van der Waals surface area (Å²) < 4.78 is 5.93. The SMILES string of the molecule is CC(=CC(=O)c1ccccc1)Nc1ccccc1Oc1ccccc1. The van der Waals surface area contributed by atoms with Gasteiger partial charge in [-0.05, 0) is 31.2 Å². The van der Waals surface area contributed by atoms with Gasteiger partial charge in [0.1, 0.15) is 5.75 Å². The number of ether oxygens (including phenoxy) is 1. The lowest BCUT2D eigenvalue weighted by Crippen LogP contribution is -2.02. The fourth-order valence-electron chi connectivity index (χ4n) is 2.41. The van der Waals surface area contributed by atoms with Crippen LogP contribution in [-0.4, -0.2) is 5.78 Å². The molecule has 0 aromatic heterocycles. The van der Waals surface area contributed by atoms with Crippen molar-refractivity contribution < 1.29 is 9.53 Å². The van der Waals surface area contributed by atoms with E-state index in [1.54, 1.807) is 18.2 Å². The molecule has 0 amide bonds. The van der Waals surface area contributed by atoms with Gasteiger partial charge in [-0.25, -0.2) is 0 Å². The van der Waals surface area contributed by atoms with Gasteiger partial charge in [-0.15, -0.1) is 0 Å². The van der Waals surface area contributed by atoms with E-state index in [0.717, 1.165) is 17.1 Å². The average molecular weight is 329 g/mol. The molecule has 0 unspecified atom stereocenters. The molecule has 0 radical (unpaired) electrons. The highest BCUT2D eigenvalue weighted by Crippen LogP contribution is 2.29. The summed E-state index contributed by atoms with van der Waals surface area (Å²) in [5, 5.41) is 3.25. The monoisotopic (exact) mass is 329 g/mol. The minimum atomic E-state index is -0.0351. The van der Waals surface area contributed by atoms with Gasteiger partial charge in [-0.2, -0.15) is 0 Å². The molecule has 0 spiro atoms. The largest absolute Gasteiger partial charge is 0.455 e. The van der Waals surface area contributed by atoms with Crippen LogP contribution in [0.3, 0.4) is 0 Å². The molecule has 0 aliphatic rings. The summed E-state index contributed by atoms with van der Waals surface area (Å²) in [7, 11) is 0. The Morgan fingerprint density at radius 1 is 0.840 bits per heavy atom. The van der Waals surface area contributed by atoms with Gasteiger partial charge in [0.15, 0.2) is 11.5 Å². The van der Waals surface area contributed by atoms with Gasteiger partial charge in [0.05, 0.1) is 5.69 Å². The van der Waals surface area contributed by atoms with E-state index in [9.17, 15) is 4.79 Å². The Morgan fingerprint density at radius 3 is 2.16 bits per heavy atom. The van der Waals surface area contributed by atoms with Gasteiger partial charge in [-0.3, -0.25) is 4.79 Å². The average Bonchev–Trinajstić information content (AvgIpc) is 2.65. The van der Waals surface area contributed by atoms with Crippen molar-refractivity contribution in [1.29, 1.82) is 0 Å². The molecule has 3 aromatic carbocycles. The van der Waals surface area contributed by atoms with Crippen LogP contribution >= 0.6 is 0 Å². The molecule has 0 bridgehead atoms. The molecule has 25 heavy (non-hydrogen) atoms. The van der Waals surface area contributed by atoms with Crippen molar-refractivity contribution in [3.8, 4) is 11.5 Å². The van der Waals surface area contributed by atoms with Crippen molar-refractivity contribution >= 4 is 11.5 Å². The van der Waals surface area contributed by atoms with E-state index in [0.29, 0.717) is 11.3 Å². The predicted octanol–water partition coefficient (Wildman–Crippen LogP) is 5.68. The summed E-state index contributed by atoms with van der Waals surface area (Å²) in [6.45, 7) is 1.86. The topological polar surface area (TPSA) is 38.3 Å². The van der Waals surface area contributed by atoms with Crippen LogP contribution in [0.15, 0.2) is 96.7 Å². The van der Waals surface area contributed by atoms with Crippen LogP contribution in [0.4, 0.5) is 5.69 Å². The Labute approximate surface area is 147 Å². The quantitative estimate of drug-likeness (QED) is 0.467. The van der Waals surface area contributed by atoms with E-state index in [4.69, 9.17) is 4.74 Å². The fraction of sp³-hybridized carbons (Fsp3) is 0.0455. The van der Waals surface area contributed by atoms with Gasteiger partial charge >= 0.3 is 0 Å². The Balaban J connectivity index is 1.76. The standard InChI is InChI=1S/C22H19NO2/c1-17(16-21(24)18-10-4-2-5-11-18)23-20-14-8-9-15-22(20)25-19-12-6-3-7-13-19/h2-16,23H,1H3. The van der Waals surface area contributed by atoms with Crippen LogP contribution in [-0.2, 0) is 0 Å². The maximum absolute atomic E-state index is 12.3. The number of carbonyl (C=O) groups excluding carboxylic acids is 1. The number of carbonyl (C=O) groups is 1. The van der Waals surface area contributed by atoms with Crippen LogP contribution in [0.1, 0.15) is 17.3 Å². The molecule has 1 N–H and O–H groups in total. The maximum atomic E-state index is 12.3. The number of allylic oxidation sites excluding steroid dienone is 2. The molecule has 0 fully saturated rings. The van der Waals surface area contributed by atoms with E-state index in [2.05, 4.69) is 5.32 Å². The normalized spacial score (nSPS) is 11.0. The molecule has 124 valence electrons. The first kappa shape index (κ1) is 16.5. The third-order valence-corrected chi connectivity index (χ3v) is 3.60. The highest BCUT2D eigenvalue weighted by Gasteiger charge is 2.06. The maximum Gasteiger partial charge on any atom is 0.187 e. The zero-order valence-corrected chi connectivity index (χ0v) is 14.0. The number of para-hydroxylation sites is 3. The summed E-state index contributed by atoms with van der Waals surface area (Å²) in [5.41, 5.74) is 2.22. The lowest BCUT2D eigenvalue weighted by Gasteiger charge is -2.13. The van der Waals surface area contributed by atoms with Crippen molar-refractivity contribution in [2.45, 2.75) is 6.92 Å². The molecular weight excluding hydrogens is 310 g/mol. The van der Waals surface area contributed by atoms with Crippen molar-refractivity contribution in [3.05, 3.63) is 102 Å². The van der Waals surface area contributed by atoms with Crippen molar-refractivity contribution in [2.75, 3.05) is 5.32 Å². The van der Waals surface area contributed by atoms with Crippen LogP contribution in [0, 0.1) is 0 Å². The highest BCUT2D eigenvalue weighted by atomic mass is 16.5. The number of nitrogens with one attached hydrogen (secondary N) is 1. The second-order valence-electron chi connectivity index (χ2n) is 5.59. The van der Waals surface area contributed by atoms with E-state index < -0.39 is 0 Å². The predicted molar refractivity (Wildman–Crippen MR) is 101 cm³/mol. The number of hydrogen-bond donors (Lipinski definition) is 1. The lowest BCUT2D eigenvalue weighted by molar-refractivity contribution is 0.104. The summed E-state index contributed by atoms with van der Waals surface area (Å²) in [4.78, 5) is 12.3. The number of benzene rings is 3. The van der Waals surface area contributed by atoms with E-state index in [1.165, 1.54) is 0 Å². The highest BCUT2D eigenvalue weighted by molar-refractivity contribution is 6.05. The second kappa shape index (κ2) is 7.97. The Morgan fingerprint density at radius 2 is 1.44 bits per heavy atom. The summed E-state index contributed by atoms with van der Waals surface area (Å²) in [5.74, 6) is 1.43. The third kappa shape index (κ3) is 4.58. The van der Waals surface area contributed by atoms with Gasteiger partial charge in [0.25, 0.3) is 0 Å². The Kier molecular flexibility index (Phi) is 5.27. The molecule has 0 atom stereocenters. The van der Waals surface area contributed by atoms with E-state index >= 15 is 0 Å². The lowest BCUT2D eigenvalue weighted by atomic mass is 10.1. The van der Waals surface area contributed by atoms with E-state index in [-0.39, 0.29) is 5.78 Å². The molecule has 0 heterocycles. The van der Waals surface area contributed by atoms with Crippen molar-refractivity contribution in [2.24, 2.45) is 0 Å². The Hall–Kier alpha value is -3.33. The molecule has 0 aliphatic carbocycles. The number of hydrogen-bond acceptors (Lipinski definition) is 3.